The van der Waals surface area contributed by atoms with Crippen LogP contribution in [0.15, 0.2) is 48.5 Å². The normalized spacial score (nSPS) is 12.9. The Hall–Kier alpha value is -2.66. The van der Waals surface area contributed by atoms with Gasteiger partial charge in [0.1, 0.15) is 0 Å². The molecule has 0 fully saturated rings. The molecule has 0 aliphatic heterocycles. The fraction of sp³-hybridized carbons (Fsp3) is 0.318. The second kappa shape index (κ2) is 9.51. The summed E-state index contributed by atoms with van der Waals surface area (Å²) in [5.74, 6) is -4.43. The maximum Gasteiger partial charge on any atom is 0.320 e. The molecule has 0 saturated heterocycles. The number of ether oxygens (including phenoxy) is 2. The van der Waals surface area contributed by atoms with Crippen molar-refractivity contribution >= 4 is 29.3 Å². The van der Waals surface area contributed by atoms with Crippen LogP contribution in [0.2, 0.25) is 5.02 Å². The van der Waals surface area contributed by atoms with Gasteiger partial charge in [-0.1, -0.05) is 60.5 Å². The summed E-state index contributed by atoms with van der Waals surface area (Å²) < 4.78 is 9.67. The minimum atomic E-state index is -1.28. The topological polar surface area (TPSA) is 69.7 Å². The largest absolute Gasteiger partial charge is 0.468 e. The Kier molecular flexibility index (Phi) is 7.35. The number of ketones is 1. The van der Waals surface area contributed by atoms with Gasteiger partial charge in [-0.2, -0.15) is 0 Å². The van der Waals surface area contributed by atoms with Gasteiger partial charge < -0.3 is 9.47 Å². The molecular weight excluding hydrogens is 380 g/mol. The molecule has 0 spiro atoms. The summed E-state index contributed by atoms with van der Waals surface area (Å²) in [4.78, 5) is 38.0. The van der Waals surface area contributed by atoms with E-state index in [0.717, 1.165) is 5.56 Å². The number of esters is 2. The number of rotatable bonds is 7. The Morgan fingerprint density at radius 2 is 1.36 bits per heavy atom. The van der Waals surface area contributed by atoms with E-state index in [0.29, 0.717) is 16.1 Å². The lowest BCUT2D eigenvalue weighted by Gasteiger charge is -2.28. The lowest BCUT2D eigenvalue weighted by molar-refractivity contribution is -0.160. The highest BCUT2D eigenvalue weighted by molar-refractivity contribution is 6.30. The van der Waals surface area contributed by atoms with Gasteiger partial charge in [-0.15, -0.1) is 0 Å². The Bertz CT molecular complexity index is 826. The first-order valence-corrected chi connectivity index (χ1v) is 9.20. The van der Waals surface area contributed by atoms with Crippen molar-refractivity contribution in [3.8, 4) is 0 Å². The van der Waals surface area contributed by atoms with Crippen LogP contribution in [0.3, 0.4) is 0 Å². The Labute approximate surface area is 169 Å². The quantitative estimate of drug-likeness (QED) is 0.394. The molecule has 28 heavy (non-hydrogen) atoms. The number of aryl methyl sites for hydroxylation is 1. The number of hydrogen-bond acceptors (Lipinski definition) is 5. The molecule has 0 unspecified atom stereocenters. The summed E-state index contributed by atoms with van der Waals surface area (Å²) in [5, 5.41) is 0.507. The number of methoxy groups -OCH3 is 2. The molecule has 0 heterocycles. The van der Waals surface area contributed by atoms with Crippen LogP contribution >= 0.6 is 11.6 Å². The number of benzene rings is 2. The van der Waals surface area contributed by atoms with Crippen molar-refractivity contribution < 1.29 is 23.9 Å². The molecule has 5 nitrogen and oxygen atoms in total. The van der Waals surface area contributed by atoms with Crippen molar-refractivity contribution in [2.45, 2.75) is 19.8 Å². The summed E-state index contributed by atoms with van der Waals surface area (Å²) in [7, 11) is 2.40. The van der Waals surface area contributed by atoms with Gasteiger partial charge in [0.15, 0.2) is 11.7 Å². The van der Waals surface area contributed by atoms with E-state index in [4.69, 9.17) is 21.1 Å². The predicted molar refractivity (Wildman–Crippen MR) is 106 cm³/mol. The van der Waals surface area contributed by atoms with E-state index in [1.165, 1.54) is 14.2 Å². The molecule has 0 aliphatic rings. The fourth-order valence-corrected chi connectivity index (χ4v) is 3.37. The molecule has 0 aromatic heterocycles. The van der Waals surface area contributed by atoms with Gasteiger partial charge in [0, 0.05) is 22.4 Å². The summed E-state index contributed by atoms with van der Waals surface area (Å²) in [6.07, 6.45) is 0. The second-order valence-corrected chi connectivity index (χ2v) is 7.06. The number of carbonyl (C=O) groups excluding carboxylic acids is 3. The van der Waals surface area contributed by atoms with Crippen molar-refractivity contribution in [2.24, 2.45) is 11.8 Å². The Morgan fingerprint density at radius 1 is 0.857 bits per heavy atom. The van der Waals surface area contributed by atoms with Crippen molar-refractivity contribution in [3.63, 3.8) is 0 Å². The molecular formula is C22H23ClO5. The lowest BCUT2D eigenvalue weighted by Crippen LogP contribution is -2.37. The van der Waals surface area contributed by atoms with E-state index in [1.807, 2.05) is 19.1 Å². The number of carbonyl (C=O) groups is 3. The molecule has 0 bridgehead atoms. The number of Topliss-reactive ketones (excluding diaryl/α,β-unsaturated/α-hetero) is 1. The predicted octanol–water partition coefficient (Wildman–Crippen LogP) is 4.21. The second-order valence-electron chi connectivity index (χ2n) is 6.62. The van der Waals surface area contributed by atoms with Crippen LogP contribution < -0.4 is 0 Å². The fourth-order valence-electron chi connectivity index (χ4n) is 3.24. The Balaban J connectivity index is 2.53. The summed E-state index contributed by atoms with van der Waals surface area (Å²) in [6, 6.07) is 13.9. The lowest BCUT2D eigenvalue weighted by atomic mass is 9.74. The van der Waals surface area contributed by atoms with Gasteiger partial charge in [0.05, 0.1) is 14.2 Å². The number of hydrogen-bond donors (Lipinski definition) is 0. The molecule has 6 heteroatoms. The average Bonchev–Trinajstić information content (AvgIpc) is 2.71. The highest BCUT2D eigenvalue weighted by atomic mass is 35.5. The summed E-state index contributed by atoms with van der Waals surface area (Å²) in [5.41, 5.74) is 2.16. The van der Waals surface area contributed by atoms with Crippen LogP contribution in [-0.4, -0.2) is 31.9 Å². The van der Waals surface area contributed by atoms with E-state index in [-0.39, 0.29) is 5.78 Å². The first kappa shape index (κ1) is 21.6. The Morgan fingerprint density at radius 3 is 1.82 bits per heavy atom. The summed E-state index contributed by atoms with van der Waals surface area (Å²) in [6.45, 7) is 3.62. The molecule has 0 radical (unpaired) electrons. The first-order valence-electron chi connectivity index (χ1n) is 8.82. The minimum Gasteiger partial charge on any atom is -0.468 e. The number of halogens is 1. The van der Waals surface area contributed by atoms with Gasteiger partial charge in [0.2, 0.25) is 0 Å². The molecule has 2 aromatic carbocycles. The van der Waals surface area contributed by atoms with Crippen LogP contribution in [0.5, 0.6) is 0 Å². The SMILES string of the molecule is COC(=O)C(C(=O)OC)[C@@H](c1ccc(Cl)cc1)[C@@H](C)C(=O)c1ccc(C)cc1. The summed E-state index contributed by atoms with van der Waals surface area (Å²) >= 11 is 5.98. The van der Waals surface area contributed by atoms with Crippen molar-refractivity contribution in [3.05, 3.63) is 70.2 Å². The van der Waals surface area contributed by atoms with Gasteiger partial charge in [0.25, 0.3) is 0 Å². The standard InChI is InChI=1S/C22H23ClO5/c1-13-5-7-16(8-6-13)20(24)14(2)18(15-9-11-17(23)12-10-15)19(21(25)27-3)22(26)28-4/h5-12,14,18-19H,1-4H3/t14-,18-/m1/s1. The van der Waals surface area contributed by atoms with Crippen LogP contribution in [0.4, 0.5) is 0 Å². The van der Waals surface area contributed by atoms with E-state index in [9.17, 15) is 14.4 Å². The van der Waals surface area contributed by atoms with Gasteiger partial charge >= 0.3 is 11.9 Å². The van der Waals surface area contributed by atoms with Gasteiger partial charge in [-0.3, -0.25) is 14.4 Å². The highest BCUT2D eigenvalue weighted by Crippen LogP contribution is 2.36. The van der Waals surface area contributed by atoms with Gasteiger partial charge in [-0.05, 0) is 24.6 Å². The average molecular weight is 403 g/mol. The van der Waals surface area contributed by atoms with Crippen molar-refractivity contribution in [1.29, 1.82) is 0 Å². The monoisotopic (exact) mass is 402 g/mol. The van der Waals surface area contributed by atoms with E-state index in [2.05, 4.69) is 0 Å². The van der Waals surface area contributed by atoms with Gasteiger partial charge in [-0.25, -0.2) is 0 Å². The van der Waals surface area contributed by atoms with E-state index >= 15 is 0 Å². The van der Waals surface area contributed by atoms with Crippen LogP contribution in [0.25, 0.3) is 0 Å². The molecule has 2 rings (SSSR count). The third-order valence-corrected chi connectivity index (χ3v) is 5.06. The zero-order chi connectivity index (χ0) is 20.8. The highest BCUT2D eigenvalue weighted by Gasteiger charge is 2.43. The molecule has 148 valence electrons. The van der Waals surface area contributed by atoms with Crippen molar-refractivity contribution in [1.82, 2.24) is 0 Å². The first-order chi connectivity index (χ1) is 13.3. The van der Waals surface area contributed by atoms with E-state index in [1.54, 1.807) is 43.3 Å². The van der Waals surface area contributed by atoms with E-state index < -0.39 is 29.7 Å². The maximum absolute atomic E-state index is 13.1. The molecule has 0 saturated carbocycles. The van der Waals surface area contributed by atoms with Crippen LogP contribution in [-0.2, 0) is 19.1 Å². The van der Waals surface area contributed by atoms with Crippen LogP contribution in [0, 0.1) is 18.8 Å². The zero-order valence-electron chi connectivity index (χ0n) is 16.3. The third-order valence-electron chi connectivity index (χ3n) is 4.81. The minimum absolute atomic E-state index is 0.183. The molecule has 0 N–H and O–H groups in total. The third kappa shape index (κ3) is 4.78. The van der Waals surface area contributed by atoms with Crippen molar-refractivity contribution in [2.75, 3.05) is 14.2 Å². The molecule has 0 amide bonds. The smallest absolute Gasteiger partial charge is 0.320 e. The maximum atomic E-state index is 13.1. The molecule has 2 aromatic rings. The molecule has 2 atom stereocenters. The molecule has 0 aliphatic carbocycles. The van der Waals surface area contributed by atoms with Crippen LogP contribution in [0.1, 0.15) is 34.3 Å². The zero-order valence-corrected chi connectivity index (χ0v) is 17.0.